The minimum Gasteiger partial charge on any atom is -0.456 e. The molecule has 5 nitrogen and oxygen atoms in total. The normalized spacial score (nSPS) is 10.6. The van der Waals surface area contributed by atoms with Crippen molar-refractivity contribution < 1.29 is 9.53 Å². The summed E-state index contributed by atoms with van der Waals surface area (Å²) < 4.78 is 5.83. The Hall–Kier alpha value is -2.92. The van der Waals surface area contributed by atoms with Crippen molar-refractivity contribution in [2.45, 2.75) is 20.3 Å². The number of carbonyl (C=O) groups excluding carboxylic acids is 1. The van der Waals surface area contributed by atoms with Gasteiger partial charge in [0.1, 0.15) is 11.5 Å². The van der Waals surface area contributed by atoms with Crippen molar-refractivity contribution in [2.75, 3.05) is 0 Å². The topological polar surface area (TPSA) is 78.1 Å². The number of nitrogens with two attached hydrogens (primary N) is 1. The lowest BCUT2D eigenvalue weighted by Gasteiger charge is -2.10. The average molecular weight is 368 g/mol. The zero-order valence-corrected chi connectivity index (χ0v) is 15.2. The predicted molar refractivity (Wildman–Crippen MR) is 102 cm³/mol. The molecule has 0 radical (unpaired) electrons. The first kappa shape index (κ1) is 17.9. The van der Waals surface area contributed by atoms with Crippen LogP contribution in [0, 0.1) is 6.92 Å². The van der Waals surface area contributed by atoms with Gasteiger partial charge in [0.15, 0.2) is 0 Å². The first-order chi connectivity index (χ1) is 12.5. The molecular weight excluding hydrogens is 350 g/mol. The highest BCUT2D eigenvalue weighted by molar-refractivity contribution is 6.31. The van der Waals surface area contributed by atoms with Crippen molar-refractivity contribution in [1.29, 1.82) is 0 Å². The monoisotopic (exact) mass is 367 g/mol. The van der Waals surface area contributed by atoms with E-state index >= 15 is 0 Å². The molecule has 0 saturated carbocycles. The van der Waals surface area contributed by atoms with Gasteiger partial charge in [0.05, 0.1) is 22.6 Å². The summed E-state index contributed by atoms with van der Waals surface area (Å²) in [5, 5.41) is 0.548. The second-order valence-corrected chi connectivity index (χ2v) is 6.21. The fourth-order valence-electron chi connectivity index (χ4n) is 2.60. The number of hydrogen-bond donors (Lipinski definition) is 1. The Bertz CT molecular complexity index is 973. The van der Waals surface area contributed by atoms with Gasteiger partial charge in [-0.2, -0.15) is 0 Å². The zero-order valence-electron chi connectivity index (χ0n) is 14.5. The van der Waals surface area contributed by atoms with E-state index in [1.54, 1.807) is 30.6 Å². The molecule has 0 fully saturated rings. The summed E-state index contributed by atoms with van der Waals surface area (Å²) >= 11 is 6.09. The van der Waals surface area contributed by atoms with Crippen LogP contribution in [-0.4, -0.2) is 15.9 Å². The lowest BCUT2D eigenvalue weighted by atomic mass is 9.99. The molecule has 0 saturated heterocycles. The van der Waals surface area contributed by atoms with Crippen LogP contribution >= 0.6 is 11.6 Å². The number of amides is 1. The smallest absolute Gasteiger partial charge is 0.248 e. The van der Waals surface area contributed by atoms with Crippen molar-refractivity contribution in [3.8, 4) is 22.8 Å². The molecule has 26 heavy (non-hydrogen) atoms. The number of hydrogen-bond acceptors (Lipinski definition) is 4. The number of carbonyl (C=O) groups is 1. The molecule has 2 aromatic heterocycles. The summed E-state index contributed by atoms with van der Waals surface area (Å²) in [5.74, 6) is 0.743. The molecule has 0 bridgehead atoms. The lowest BCUT2D eigenvalue weighted by molar-refractivity contribution is 0.0999. The van der Waals surface area contributed by atoms with E-state index < -0.39 is 5.91 Å². The fraction of sp³-hybridized carbons (Fsp3) is 0.150. The SMILES string of the molecule is CCc1cc(-c2cc(Oc3cnc(C)c(Cl)c3)ccn2)ccc1C(N)=O. The predicted octanol–water partition coefficient (Wildman–Crippen LogP) is 4.56. The summed E-state index contributed by atoms with van der Waals surface area (Å²) in [5.41, 5.74) is 9.21. The molecule has 2 N–H and O–H groups in total. The number of aryl methyl sites for hydroxylation is 2. The highest BCUT2D eigenvalue weighted by atomic mass is 35.5. The maximum Gasteiger partial charge on any atom is 0.248 e. The minimum absolute atomic E-state index is 0.429. The van der Waals surface area contributed by atoms with Gasteiger partial charge in [-0.25, -0.2) is 0 Å². The van der Waals surface area contributed by atoms with Gasteiger partial charge in [0.2, 0.25) is 5.91 Å². The summed E-state index contributed by atoms with van der Waals surface area (Å²) in [4.78, 5) is 20.1. The Morgan fingerprint density at radius 2 is 1.96 bits per heavy atom. The molecule has 6 heteroatoms. The van der Waals surface area contributed by atoms with Gasteiger partial charge >= 0.3 is 0 Å². The van der Waals surface area contributed by atoms with Gasteiger partial charge in [-0.3, -0.25) is 14.8 Å². The van der Waals surface area contributed by atoms with Crippen LogP contribution in [0.3, 0.4) is 0 Å². The third kappa shape index (κ3) is 3.83. The van der Waals surface area contributed by atoms with E-state index in [2.05, 4.69) is 9.97 Å². The average Bonchev–Trinajstić information content (AvgIpc) is 2.64. The zero-order chi connectivity index (χ0) is 18.7. The summed E-state index contributed by atoms with van der Waals surface area (Å²) in [6, 6.07) is 10.8. The molecule has 0 spiro atoms. The van der Waals surface area contributed by atoms with E-state index in [9.17, 15) is 4.79 Å². The number of aromatic nitrogens is 2. The quantitative estimate of drug-likeness (QED) is 0.717. The van der Waals surface area contributed by atoms with E-state index in [0.717, 1.165) is 22.5 Å². The molecule has 0 unspecified atom stereocenters. The Morgan fingerprint density at radius 3 is 2.65 bits per heavy atom. The van der Waals surface area contributed by atoms with E-state index in [-0.39, 0.29) is 0 Å². The molecule has 3 aromatic rings. The largest absolute Gasteiger partial charge is 0.456 e. The Balaban J connectivity index is 1.91. The molecule has 0 aliphatic rings. The molecule has 0 aliphatic carbocycles. The molecular formula is C20H18ClN3O2. The first-order valence-corrected chi connectivity index (χ1v) is 8.55. The Kier molecular flexibility index (Phi) is 5.19. The summed E-state index contributed by atoms with van der Waals surface area (Å²) in [7, 11) is 0. The van der Waals surface area contributed by atoms with Gasteiger partial charge in [-0.05, 0) is 37.1 Å². The van der Waals surface area contributed by atoms with Gasteiger partial charge < -0.3 is 10.5 Å². The van der Waals surface area contributed by atoms with Crippen molar-refractivity contribution in [3.63, 3.8) is 0 Å². The standard InChI is InChI=1S/C20H18ClN3O2/c1-3-13-8-14(4-5-17(13)20(22)25)19-10-15(6-7-23-19)26-16-9-18(21)12(2)24-11-16/h4-11H,3H2,1-2H3,(H2,22,25). The second kappa shape index (κ2) is 7.54. The molecule has 0 atom stereocenters. The van der Waals surface area contributed by atoms with Crippen LogP contribution in [0.1, 0.15) is 28.5 Å². The lowest BCUT2D eigenvalue weighted by Crippen LogP contribution is -2.13. The van der Waals surface area contributed by atoms with E-state index in [4.69, 9.17) is 22.1 Å². The molecule has 2 heterocycles. The molecule has 0 aliphatic heterocycles. The van der Waals surface area contributed by atoms with Crippen molar-refractivity contribution in [1.82, 2.24) is 9.97 Å². The number of nitrogens with zero attached hydrogens (tertiary/aromatic N) is 2. The number of benzene rings is 1. The number of primary amides is 1. The van der Waals surface area contributed by atoms with E-state index in [1.807, 2.05) is 32.0 Å². The minimum atomic E-state index is -0.429. The number of ether oxygens (including phenoxy) is 1. The first-order valence-electron chi connectivity index (χ1n) is 8.17. The van der Waals surface area contributed by atoms with E-state index in [0.29, 0.717) is 28.5 Å². The van der Waals surface area contributed by atoms with Crippen LogP contribution in [0.2, 0.25) is 5.02 Å². The Morgan fingerprint density at radius 1 is 1.15 bits per heavy atom. The number of rotatable bonds is 5. The second-order valence-electron chi connectivity index (χ2n) is 5.81. The van der Waals surface area contributed by atoms with Crippen LogP contribution in [0.4, 0.5) is 0 Å². The fourth-order valence-corrected chi connectivity index (χ4v) is 2.76. The maximum absolute atomic E-state index is 11.5. The van der Waals surface area contributed by atoms with Crippen LogP contribution in [0.25, 0.3) is 11.3 Å². The van der Waals surface area contributed by atoms with Gasteiger partial charge in [0.25, 0.3) is 0 Å². The van der Waals surface area contributed by atoms with Gasteiger partial charge in [-0.15, -0.1) is 0 Å². The molecule has 132 valence electrons. The third-order valence-electron chi connectivity index (χ3n) is 4.01. The Labute approximate surface area is 156 Å². The van der Waals surface area contributed by atoms with E-state index in [1.165, 1.54) is 0 Å². The van der Waals surface area contributed by atoms with Crippen LogP contribution in [0.5, 0.6) is 11.5 Å². The van der Waals surface area contributed by atoms with Crippen molar-refractivity contribution in [3.05, 3.63) is 70.6 Å². The molecule has 1 amide bonds. The van der Waals surface area contributed by atoms with Crippen LogP contribution < -0.4 is 10.5 Å². The summed E-state index contributed by atoms with van der Waals surface area (Å²) in [6.07, 6.45) is 4.00. The highest BCUT2D eigenvalue weighted by Crippen LogP contribution is 2.28. The maximum atomic E-state index is 11.5. The summed E-state index contributed by atoms with van der Waals surface area (Å²) in [6.45, 7) is 3.81. The third-order valence-corrected chi connectivity index (χ3v) is 4.40. The number of pyridine rings is 2. The molecule has 3 rings (SSSR count). The van der Waals surface area contributed by atoms with Crippen molar-refractivity contribution >= 4 is 17.5 Å². The van der Waals surface area contributed by atoms with Gasteiger partial charge in [0, 0.05) is 29.5 Å². The number of halogens is 1. The van der Waals surface area contributed by atoms with Gasteiger partial charge in [-0.1, -0.05) is 24.6 Å². The van der Waals surface area contributed by atoms with Crippen molar-refractivity contribution in [2.24, 2.45) is 5.73 Å². The molecule has 1 aromatic carbocycles. The highest BCUT2D eigenvalue weighted by Gasteiger charge is 2.10. The van der Waals surface area contributed by atoms with Crippen LogP contribution in [-0.2, 0) is 6.42 Å². The van der Waals surface area contributed by atoms with Crippen LogP contribution in [0.15, 0.2) is 48.8 Å².